The van der Waals surface area contributed by atoms with Crippen LogP contribution in [0.3, 0.4) is 0 Å². The molecule has 0 spiro atoms. The Balaban J connectivity index is 1.54. The number of rotatable bonds is 10. The summed E-state index contributed by atoms with van der Waals surface area (Å²) < 4.78 is 32.2. The van der Waals surface area contributed by atoms with E-state index in [9.17, 15) is 9.59 Å². The van der Waals surface area contributed by atoms with Crippen LogP contribution in [0.15, 0.2) is 23.3 Å². The van der Waals surface area contributed by atoms with Gasteiger partial charge < -0.3 is 28.4 Å². The molecule has 4 aliphatic rings. The van der Waals surface area contributed by atoms with Gasteiger partial charge in [0.1, 0.15) is 19.0 Å². The summed E-state index contributed by atoms with van der Waals surface area (Å²) in [7, 11) is 4.31. The summed E-state index contributed by atoms with van der Waals surface area (Å²) in [5.74, 6) is 2.65. The summed E-state index contributed by atoms with van der Waals surface area (Å²) in [6, 6.07) is 0. The third kappa shape index (κ3) is 6.26. The number of hydrogen-bond donors (Lipinski definition) is 0. The molecule has 8 nitrogen and oxygen atoms in total. The van der Waals surface area contributed by atoms with E-state index >= 15 is 0 Å². The number of allylic oxidation sites excluding steroid dienone is 3. The zero-order valence-corrected chi connectivity index (χ0v) is 27.3. The Morgan fingerprint density at radius 2 is 1.67 bits per heavy atom. The van der Waals surface area contributed by atoms with Gasteiger partial charge in [-0.1, -0.05) is 51.0 Å². The van der Waals surface area contributed by atoms with Crippen LogP contribution in [-0.2, 0) is 28.4 Å². The first-order valence-electron chi connectivity index (χ1n) is 15.8. The third-order valence-electron chi connectivity index (χ3n) is 11.8. The monoisotopic (exact) mass is 590 g/mol. The lowest BCUT2D eigenvalue weighted by Crippen LogP contribution is -2.54. The van der Waals surface area contributed by atoms with Crippen molar-refractivity contribution in [3.05, 3.63) is 23.3 Å². The van der Waals surface area contributed by atoms with Crippen LogP contribution in [0.25, 0.3) is 0 Å². The molecule has 8 heteroatoms. The van der Waals surface area contributed by atoms with Crippen LogP contribution in [0.5, 0.6) is 0 Å². The van der Waals surface area contributed by atoms with E-state index < -0.39 is 24.5 Å². The van der Waals surface area contributed by atoms with Gasteiger partial charge in [0.05, 0.1) is 19.8 Å². The second-order valence-corrected chi connectivity index (χ2v) is 14.4. The molecule has 9 atom stereocenters. The molecule has 0 radical (unpaired) electrons. The van der Waals surface area contributed by atoms with E-state index in [1.165, 1.54) is 38.2 Å². The fourth-order valence-electron chi connectivity index (χ4n) is 9.04. The summed E-state index contributed by atoms with van der Waals surface area (Å²) in [6.45, 7) is 14.3. The van der Waals surface area contributed by atoms with E-state index in [4.69, 9.17) is 28.4 Å². The van der Waals surface area contributed by atoms with Crippen LogP contribution in [0.1, 0.15) is 92.9 Å². The van der Waals surface area contributed by atoms with Crippen molar-refractivity contribution in [1.29, 1.82) is 0 Å². The van der Waals surface area contributed by atoms with Gasteiger partial charge in [0.25, 0.3) is 0 Å². The Bertz CT molecular complexity index is 1050. The maximum Gasteiger partial charge on any atom is 0.508 e. The minimum absolute atomic E-state index is 0.194. The molecule has 0 bridgehead atoms. The lowest BCUT2D eigenvalue weighted by molar-refractivity contribution is -0.119. The molecule has 238 valence electrons. The molecular formula is C34H54O8. The number of hydrogen-bond acceptors (Lipinski definition) is 8. The Hall–Kier alpha value is -2.06. The first kappa shape index (κ1) is 32.8. The van der Waals surface area contributed by atoms with E-state index in [-0.39, 0.29) is 22.3 Å². The Kier molecular flexibility index (Phi) is 10.1. The van der Waals surface area contributed by atoms with Gasteiger partial charge in [-0.05, 0) is 87.4 Å². The first-order chi connectivity index (χ1) is 19.8. The van der Waals surface area contributed by atoms with Gasteiger partial charge in [-0.2, -0.15) is 0 Å². The van der Waals surface area contributed by atoms with E-state index in [1.807, 2.05) is 0 Å². The lowest BCUT2D eigenvalue weighted by atomic mass is 9.49. The average molecular weight is 591 g/mol. The molecule has 0 unspecified atom stereocenters. The summed E-state index contributed by atoms with van der Waals surface area (Å²) in [5, 5.41) is 0. The number of carbonyl (C=O) groups excluding carboxylic acids is 2. The molecule has 0 aromatic carbocycles. The summed E-state index contributed by atoms with van der Waals surface area (Å²) in [5.41, 5.74) is 2.35. The number of carbonyl (C=O) groups is 2. The maximum atomic E-state index is 12.4. The highest BCUT2D eigenvalue weighted by atomic mass is 16.7. The molecule has 3 saturated carbocycles. The van der Waals surface area contributed by atoms with Crippen LogP contribution < -0.4 is 0 Å². The van der Waals surface area contributed by atoms with E-state index in [0.717, 1.165) is 25.7 Å². The van der Waals surface area contributed by atoms with Gasteiger partial charge in [-0.15, -0.1) is 0 Å². The summed E-state index contributed by atoms with van der Waals surface area (Å²) in [4.78, 5) is 24.3. The highest BCUT2D eigenvalue weighted by Gasteiger charge is 2.60. The molecule has 3 fully saturated rings. The van der Waals surface area contributed by atoms with Crippen molar-refractivity contribution >= 4 is 12.3 Å². The van der Waals surface area contributed by atoms with Gasteiger partial charge in [0, 0.05) is 25.4 Å². The number of ether oxygens (including phenoxy) is 6. The van der Waals surface area contributed by atoms with Crippen LogP contribution >= 0.6 is 0 Å². The van der Waals surface area contributed by atoms with Crippen molar-refractivity contribution < 1.29 is 38.0 Å². The SMILES string of the molecule is COCOC(C)(C)CC[C@@H](C)[C@@H](C)[C@H]1CC[C@H]2C3=CC=C4C[C@@H](OC(=O)OC)C[C@H](OC(=O)OC)[C@]4(C)[C@H]3CC[C@]12C. The fourth-order valence-corrected chi connectivity index (χ4v) is 9.04. The van der Waals surface area contributed by atoms with E-state index in [2.05, 4.69) is 53.7 Å². The van der Waals surface area contributed by atoms with Gasteiger partial charge in [0.2, 0.25) is 0 Å². The van der Waals surface area contributed by atoms with Crippen LogP contribution in [0.4, 0.5) is 9.59 Å². The second-order valence-electron chi connectivity index (χ2n) is 14.4. The zero-order chi connectivity index (χ0) is 30.9. The van der Waals surface area contributed by atoms with Gasteiger partial charge in [0.15, 0.2) is 0 Å². The Morgan fingerprint density at radius 1 is 0.976 bits per heavy atom. The molecule has 4 aliphatic carbocycles. The number of methoxy groups -OCH3 is 3. The zero-order valence-electron chi connectivity index (χ0n) is 27.3. The first-order valence-corrected chi connectivity index (χ1v) is 15.8. The van der Waals surface area contributed by atoms with Crippen molar-refractivity contribution in [3.8, 4) is 0 Å². The average Bonchev–Trinajstić information content (AvgIpc) is 3.32. The fraction of sp³-hybridized carbons (Fsp3) is 0.824. The summed E-state index contributed by atoms with van der Waals surface area (Å²) >= 11 is 0. The molecule has 0 heterocycles. The molecule has 0 aromatic rings. The van der Waals surface area contributed by atoms with Crippen molar-refractivity contribution in [2.24, 2.45) is 40.4 Å². The molecule has 0 N–H and O–H groups in total. The van der Waals surface area contributed by atoms with Crippen molar-refractivity contribution in [3.63, 3.8) is 0 Å². The topological polar surface area (TPSA) is 89.5 Å². The van der Waals surface area contributed by atoms with Gasteiger partial charge in [-0.3, -0.25) is 0 Å². The minimum atomic E-state index is -0.715. The molecule has 0 amide bonds. The molecule has 4 rings (SSSR count). The Labute approximate surface area is 252 Å². The highest BCUT2D eigenvalue weighted by Crippen LogP contribution is 2.66. The van der Waals surface area contributed by atoms with E-state index in [0.29, 0.717) is 43.3 Å². The second kappa shape index (κ2) is 12.9. The normalized spacial score (nSPS) is 35.4. The van der Waals surface area contributed by atoms with Crippen molar-refractivity contribution in [2.75, 3.05) is 28.1 Å². The Morgan fingerprint density at radius 3 is 2.33 bits per heavy atom. The lowest BCUT2D eigenvalue weighted by Gasteiger charge is -2.57. The summed E-state index contributed by atoms with van der Waals surface area (Å²) in [6.07, 6.45) is 10.1. The van der Waals surface area contributed by atoms with Crippen LogP contribution in [0, 0.1) is 40.4 Å². The van der Waals surface area contributed by atoms with Gasteiger partial charge in [-0.25, -0.2) is 9.59 Å². The minimum Gasteiger partial charge on any atom is -0.438 e. The van der Waals surface area contributed by atoms with Crippen molar-refractivity contribution in [2.45, 2.75) is 111 Å². The van der Waals surface area contributed by atoms with Crippen LogP contribution in [-0.4, -0.2) is 58.2 Å². The third-order valence-corrected chi connectivity index (χ3v) is 11.8. The van der Waals surface area contributed by atoms with Crippen molar-refractivity contribution in [1.82, 2.24) is 0 Å². The number of fused-ring (bicyclic) bond motifs is 5. The smallest absolute Gasteiger partial charge is 0.438 e. The largest absolute Gasteiger partial charge is 0.508 e. The predicted molar refractivity (Wildman–Crippen MR) is 160 cm³/mol. The quantitative estimate of drug-likeness (QED) is 0.188. The van der Waals surface area contributed by atoms with Gasteiger partial charge >= 0.3 is 12.3 Å². The molecule has 0 aliphatic heterocycles. The molecular weight excluding hydrogens is 536 g/mol. The molecule has 0 aromatic heterocycles. The highest BCUT2D eigenvalue weighted by molar-refractivity contribution is 5.61. The predicted octanol–water partition coefficient (Wildman–Crippen LogP) is 7.85. The maximum absolute atomic E-state index is 12.4. The standard InChI is InChI=1S/C34H54O8/c1-21(14-16-32(3,4)40-20-37-7)22(2)26-12-13-27-25-11-10-23-18-24(41-30(35)38-8)19-29(42-31(36)39-9)34(23,6)28(25)15-17-33(26,27)5/h10-11,21-22,24,26-29H,12-20H2,1-9H3/t21-,22-,24-,26-,27+,28+,29+,33-,34+/m1/s1. The molecule has 0 saturated heterocycles. The van der Waals surface area contributed by atoms with Crippen LogP contribution in [0.2, 0.25) is 0 Å². The molecule has 42 heavy (non-hydrogen) atoms. The van der Waals surface area contributed by atoms with E-state index in [1.54, 1.807) is 7.11 Å².